The molecule has 2 atom stereocenters. The lowest BCUT2D eigenvalue weighted by Gasteiger charge is -2.40. The van der Waals surface area contributed by atoms with Crippen LogP contribution < -0.4 is 5.32 Å². The fourth-order valence-corrected chi connectivity index (χ4v) is 4.68. The summed E-state index contributed by atoms with van der Waals surface area (Å²) in [6.07, 6.45) is 9.95. The molecule has 2 aliphatic carbocycles. The lowest BCUT2D eigenvalue weighted by molar-refractivity contribution is 0.0812. The van der Waals surface area contributed by atoms with Gasteiger partial charge in [-0.05, 0) is 57.3 Å². The number of carbonyl (C=O) groups excluding carboxylic acids is 1. The predicted octanol–water partition coefficient (Wildman–Crippen LogP) is 3.96. The van der Waals surface area contributed by atoms with E-state index in [1.54, 1.807) is 0 Å². The third-order valence-corrected chi connectivity index (χ3v) is 6.72. The molecule has 1 N–H and O–H groups in total. The third-order valence-electron chi connectivity index (χ3n) is 6.72. The molecule has 144 valence electrons. The van der Waals surface area contributed by atoms with Crippen molar-refractivity contribution in [3.63, 3.8) is 0 Å². The molecule has 26 heavy (non-hydrogen) atoms. The van der Waals surface area contributed by atoms with Crippen LogP contribution >= 0.6 is 0 Å². The molecule has 0 bridgehead atoms. The molecule has 1 unspecified atom stereocenters. The van der Waals surface area contributed by atoms with E-state index in [1.165, 1.54) is 32.2 Å². The summed E-state index contributed by atoms with van der Waals surface area (Å²) in [6.45, 7) is 7.02. The summed E-state index contributed by atoms with van der Waals surface area (Å²) in [5.41, 5.74) is 0.443. The van der Waals surface area contributed by atoms with E-state index in [1.807, 2.05) is 6.07 Å². The van der Waals surface area contributed by atoms with Crippen molar-refractivity contribution in [2.45, 2.75) is 83.2 Å². The van der Waals surface area contributed by atoms with Crippen LogP contribution in [0.25, 0.3) is 0 Å². The zero-order chi connectivity index (χ0) is 18.1. The Morgan fingerprint density at radius 3 is 2.65 bits per heavy atom. The topological polar surface area (TPSA) is 58.4 Å². The quantitative estimate of drug-likeness (QED) is 0.864. The summed E-state index contributed by atoms with van der Waals surface area (Å²) in [5.74, 6) is 3.08. The van der Waals surface area contributed by atoms with Gasteiger partial charge >= 0.3 is 0 Å². The molecule has 2 saturated carbocycles. The van der Waals surface area contributed by atoms with Crippen LogP contribution in [0.4, 0.5) is 0 Å². The third kappa shape index (κ3) is 4.30. The minimum atomic E-state index is -0.0763. The van der Waals surface area contributed by atoms with Gasteiger partial charge < -0.3 is 14.7 Å². The van der Waals surface area contributed by atoms with Crippen molar-refractivity contribution in [2.24, 2.45) is 11.8 Å². The molecular formula is C21H33N3O2. The Hall–Kier alpha value is -1.36. The average Bonchev–Trinajstić information content (AvgIpc) is 3.36. The van der Waals surface area contributed by atoms with E-state index in [0.29, 0.717) is 17.7 Å². The van der Waals surface area contributed by atoms with Gasteiger partial charge in [-0.3, -0.25) is 4.79 Å². The van der Waals surface area contributed by atoms with Crippen molar-refractivity contribution in [3.05, 3.63) is 17.5 Å². The SMILES string of the molecule is CC1CCC(CN2CCC(NC(=O)c3cc(C4CC4)on3)C[C@@H]2C)CC1. The number of hydrogen-bond acceptors (Lipinski definition) is 4. The highest BCUT2D eigenvalue weighted by atomic mass is 16.5. The second-order valence-corrected chi connectivity index (χ2v) is 9.05. The molecule has 3 aliphatic rings. The van der Waals surface area contributed by atoms with E-state index in [9.17, 15) is 4.79 Å². The molecule has 0 radical (unpaired) electrons. The van der Waals surface area contributed by atoms with E-state index >= 15 is 0 Å². The fraction of sp³-hybridized carbons (Fsp3) is 0.810. The van der Waals surface area contributed by atoms with Crippen molar-refractivity contribution in [2.75, 3.05) is 13.1 Å². The summed E-state index contributed by atoms with van der Waals surface area (Å²) >= 11 is 0. The van der Waals surface area contributed by atoms with Crippen LogP contribution in [0.1, 0.15) is 87.4 Å². The van der Waals surface area contributed by atoms with Gasteiger partial charge in [-0.1, -0.05) is 24.9 Å². The van der Waals surface area contributed by atoms with Crippen molar-refractivity contribution >= 4 is 5.91 Å². The molecule has 0 aromatic carbocycles. The fourth-order valence-electron chi connectivity index (χ4n) is 4.68. The molecular weight excluding hydrogens is 326 g/mol. The molecule has 0 spiro atoms. The highest BCUT2D eigenvalue weighted by Gasteiger charge is 2.31. The maximum absolute atomic E-state index is 12.5. The molecule has 5 nitrogen and oxygen atoms in total. The maximum Gasteiger partial charge on any atom is 0.273 e. The molecule has 4 rings (SSSR count). The predicted molar refractivity (Wildman–Crippen MR) is 101 cm³/mol. The van der Waals surface area contributed by atoms with Gasteiger partial charge in [0.25, 0.3) is 5.91 Å². The van der Waals surface area contributed by atoms with Crippen LogP contribution in [0, 0.1) is 11.8 Å². The van der Waals surface area contributed by atoms with Crippen molar-refractivity contribution in [1.82, 2.24) is 15.4 Å². The lowest BCUT2D eigenvalue weighted by Crippen LogP contribution is -2.50. The van der Waals surface area contributed by atoms with Crippen molar-refractivity contribution < 1.29 is 9.32 Å². The largest absolute Gasteiger partial charge is 0.360 e. The molecule has 1 aromatic heterocycles. The summed E-state index contributed by atoms with van der Waals surface area (Å²) in [4.78, 5) is 15.1. The highest BCUT2D eigenvalue weighted by molar-refractivity contribution is 5.92. The monoisotopic (exact) mass is 359 g/mol. The van der Waals surface area contributed by atoms with Gasteiger partial charge in [0.1, 0.15) is 5.76 Å². The molecule has 2 heterocycles. The maximum atomic E-state index is 12.5. The Kier molecular flexibility index (Phi) is 5.35. The van der Waals surface area contributed by atoms with Gasteiger partial charge in [0.05, 0.1) is 0 Å². The Labute approximate surface area is 156 Å². The highest BCUT2D eigenvalue weighted by Crippen LogP contribution is 2.40. The zero-order valence-electron chi connectivity index (χ0n) is 16.2. The Morgan fingerprint density at radius 2 is 1.96 bits per heavy atom. The summed E-state index contributed by atoms with van der Waals surface area (Å²) in [7, 11) is 0. The van der Waals surface area contributed by atoms with Crippen molar-refractivity contribution in [1.29, 1.82) is 0 Å². The van der Waals surface area contributed by atoms with Crippen LogP contribution in [0.15, 0.2) is 10.6 Å². The van der Waals surface area contributed by atoms with E-state index in [2.05, 4.69) is 29.2 Å². The number of hydrogen-bond donors (Lipinski definition) is 1. The second-order valence-electron chi connectivity index (χ2n) is 9.05. The number of nitrogens with zero attached hydrogens (tertiary/aromatic N) is 2. The minimum absolute atomic E-state index is 0.0763. The Bertz CT molecular complexity index is 617. The first-order valence-corrected chi connectivity index (χ1v) is 10.6. The average molecular weight is 360 g/mol. The van der Waals surface area contributed by atoms with Gasteiger partial charge in [0.2, 0.25) is 0 Å². The first kappa shape index (κ1) is 18.0. The van der Waals surface area contributed by atoms with Crippen LogP contribution in [0.2, 0.25) is 0 Å². The number of likely N-dealkylation sites (tertiary alicyclic amines) is 1. The summed E-state index contributed by atoms with van der Waals surface area (Å²) in [6, 6.07) is 2.62. The molecule has 3 fully saturated rings. The van der Waals surface area contributed by atoms with Crippen LogP contribution in [0.5, 0.6) is 0 Å². The van der Waals surface area contributed by atoms with Gasteiger partial charge in [-0.15, -0.1) is 0 Å². The number of carbonyl (C=O) groups is 1. The normalized spacial score (nSPS) is 33.2. The number of rotatable bonds is 5. The Morgan fingerprint density at radius 1 is 1.19 bits per heavy atom. The minimum Gasteiger partial charge on any atom is -0.360 e. The van der Waals surface area contributed by atoms with Crippen LogP contribution in [-0.2, 0) is 0 Å². The Balaban J connectivity index is 1.24. The van der Waals surface area contributed by atoms with E-state index in [-0.39, 0.29) is 11.9 Å². The first-order valence-electron chi connectivity index (χ1n) is 10.6. The summed E-state index contributed by atoms with van der Waals surface area (Å²) in [5, 5.41) is 7.14. The van der Waals surface area contributed by atoms with Crippen LogP contribution in [0.3, 0.4) is 0 Å². The van der Waals surface area contributed by atoms with E-state index in [0.717, 1.165) is 49.8 Å². The number of nitrogens with one attached hydrogen (secondary N) is 1. The molecule has 1 saturated heterocycles. The zero-order valence-corrected chi connectivity index (χ0v) is 16.2. The van der Waals surface area contributed by atoms with Gasteiger partial charge in [0, 0.05) is 37.2 Å². The van der Waals surface area contributed by atoms with E-state index in [4.69, 9.17) is 4.52 Å². The van der Waals surface area contributed by atoms with Gasteiger partial charge in [0.15, 0.2) is 5.69 Å². The van der Waals surface area contributed by atoms with Crippen LogP contribution in [-0.4, -0.2) is 41.1 Å². The van der Waals surface area contributed by atoms with Gasteiger partial charge in [-0.2, -0.15) is 0 Å². The number of amides is 1. The van der Waals surface area contributed by atoms with Gasteiger partial charge in [-0.25, -0.2) is 0 Å². The van der Waals surface area contributed by atoms with E-state index < -0.39 is 0 Å². The number of piperidine rings is 1. The summed E-state index contributed by atoms with van der Waals surface area (Å²) < 4.78 is 5.31. The smallest absolute Gasteiger partial charge is 0.273 e. The molecule has 5 heteroatoms. The first-order chi connectivity index (χ1) is 12.6. The molecule has 1 aliphatic heterocycles. The standard InChI is InChI=1S/C21H33N3O2/c1-14-3-5-16(6-4-14)13-24-10-9-18(11-15(24)2)22-21(25)19-12-20(26-23-19)17-7-8-17/h12,14-18H,3-11,13H2,1-2H3,(H,22,25)/t14?,15-,16?,18?/m0/s1. The van der Waals surface area contributed by atoms with Crippen molar-refractivity contribution in [3.8, 4) is 0 Å². The lowest BCUT2D eigenvalue weighted by atomic mass is 9.82. The second kappa shape index (κ2) is 7.71. The number of aromatic nitrogens is 1. The molecule has 1 amide bonds. The molecule has 1 aromatic rings.